The summed E-state index contributed by atoms with van der Waals surface area (Å²) in [4.78, 5) is 11.2. The van der Waals surface area contributed by atoms with Crippen LogP contribution in [0.5, 0.6) is 0 Å². The molecule has 1 saturated carbocycles. The molecular formula is C13H16ClNO3. The molecule has 0 aromatic heterocycles. The summed E-state index contributed by atoms with van der Waals surface area (Å²) in [6.07, 6.45) is 3.15. The SMILES string of the molecule is COC1(CNc2cccc(Cl)c2C(=O)O)CCC1. The predicted molar refractivity (Wildman–Crippen MR) is 70.5 cm³/mol. The van der Waals surface area contributed by atoms with Gasteiger partial charge in [0.2, 0.25) is 0 Å². The Morgan fingerprint density at radius 3 is 2.78 bits per heavy atom. The Balaban J connectivity index is 2.14. The van der Waals surface area contributed by atoms with Crippen LogP contribution < -0.4 is 5.32 Å². The van der Waals surface area contributed by atoms with Crippen molar-refractivity contribution >= 4 is 23.3 Å². The van der Waals surface area contributed by atoms with Gasteiger partial charge in [-0.2, -0.15) is 0 Å². The molecule has 4 nitrogen and oxygen atoms in total. The second kappa shape index (κ2) is 5.16. The number of nitrogens with one attached hydrogen (secondary N) is 1. The monoisotopic (exact) mass is 269 g/mol. The first-order valence-electron chi connectivity index (χ1n) is 5.89. The fourth-order valence-electron chi connectivity index (χ4n) is 2.17. The maximum Gasteiger partial charge on any atom is 0.339 e. The van der Waals surface area contributed by atoms with Crippen LogP contribution in [0.3, 0.4) is 0 Å². The Bertz CT molecular complexity index is 452. The quantitative estimate of drug-likeness (QED) is 0.863. The average Bonchev–Trinajstić information content (AvgIpc) is 2.27. The molecule has 1 aromatic rings. The second-order valence-corrected chi connectivity index (χ2v) is 4.97. The van der Waals surface area contributed by atoms with E-state index in [4.69, 9.17) is 21.4 Å². The van der Waals surface area contributed by atoms with Gasteiger partial charge in [0, 0.05) is 13.7 Å². The summed E-state index contributed by atoms with van der Waals surface area (Å²) in [5, 5.41) is 12.5. The van der Waals surface area contributed by atoms with Gasteiger partial charge in [0.05, 0.1) is 16.3 Å². The number of carboxylic acid groups (broad SMARTS) is 1. The number of ether oxygens (including phenoxy) is 1. The number of rotatable bonds is 5. The van der Waals surface area contributed by atoms with Crippen LogP contribution >= 0.6 is 11.6 Å². The summed E-state index contributed by atoms with van der Waals surface area (Å²) < 4.78 is 5.48. The Morgan fingerprint density at radius 1 is 1.56 bits per heavy atom. The maximum atomic E-state index is 11.2. The molecule has 0 unspecified atom stereocenters. The van der Waals surface area contributed by atoms with Crippen LogP contribution in [-0.2, 0) is 4.74 Å². The van der Waals surface area contributed by atoms with Crippen molar-refractivity contribution in [3.05, 3.63) is 28.8 Å². The van der Waals surface area contributed by atoms with Crippen LogP contribution in [0.15, 0.2) is 18.2 Å². The van der Waals surface area contributed by atoms with E-state index in [-0.39, 0.29) is 16.2 Å². The van der Waals surface area contributed by atoms with Crippen molar-refractivity contribution in [2.75, 3.05) is 19.0 Å². The van der Waals surface area contributed by atoms with Crippen molar-refractivity contribution in [1.82, 2.24) is 0 Å². The number of aromatic carboxylic acids is 1. The van der Waals surface area contributed by atoms with Gasteiger partial charge in [0.1, 0.15) is 5.56 Å². The van der Waals surface area contributed by atoms with Gasteiger partial charge in [0.15, 0.2) is 0 Å². The van der Waals surface area contributed by atoms with E-state index in [1.807, 2.05) is 0 Å². The Hall–Kier alpha value is -1.26. The zero-order chi connectivity index (χ0) is 13.2. The highest BCUT2D eigenvalue weighted by atomic mass is 35.5. The van der Waals surface area contributed by atoms with E-state index in [2.05, 4.69) is 5.32 Å². The van der Waals surface area contributed by atoms with E-state index in [0.717, 1.165) is 19.3 Å². The summed E-state index contributed by atoms with van der Waals surface area (Å²) >= 11 is 5.90. The summed E-state index contributed by atoms with van der Waals surface area (Å²) in [6.45, 7) is 0.601. The number of hydrogen-bond donors (Lipinski definition) is 2. The van der Waals surface area contributed by atoms with E-state index in [1.165, 1.54) is 0 Å². The lowest BCUT2D eigenvalue weighted by Gasteiger charge is -2.40. The van der Waals surface area contributed by atoms with Gasteiger partial charge in [-0.05, 0) is 31.4 Å². The number of halogens is 1. The molecule has 18 heavy (non-hydrogen) atoms. The van der Waals surface area contributed by atoms with E-state index in [9.17, 15) is 4.79 Å². The van der Waals surface area contributed by atoms with Gasteiger partial charge in [0.25, 0.3) is 0 Å². The fourth-order valence-corrected chi connectivity index (χ4v) is 2.42. The summed E-state index contributed by atoms with van der Waals surface area (Å²) in [5.41, 5.74) is 0.501. The Labute approximate surface area is 111 Å². The van der Waals surface area contributed by atoms with E-state index in [1.54, 1.807) is 25.3 Å². The van der Waals surface area contributed by atoms with Crippen LogP contribution in [0, 0.1) is 0 Å². The van der Waals surface area contributed by atoms with Crippen molar-refractivity contribution in [2.24, 2.45) is 0 Å². The fraction of sp³-hybridized carbons (Fsp3) is 0.462. The van der Waals surface area contributed by atoms with Crippen molar-refractivity contribution in [3.63, 3.8) is 0 Å². The van der Waals surface area contributed by atoms with Crippen LogP contribution in [-0.4, -0.2) is 30.3 Å². The van der Waals surface area contributed by atoms with Crippen LogP contribution in [0.25, 0.3) is 0 Å². The summed E-state index contributed by atoms with van der Waals surface area (Å²) in [7, 11) is 1.69. The van der Waals surface area contributed by atoms with Gasteiger partial charge in [-0.1, -0.05) is 17.7 Å². The number of anilines is 1. The minimum atomic E-state index is -1.02. The standard InChI is InChI=1S/C13H16ClNO3/c1-18-13(6-3-7-13)8-15-10-5-2-4-9(14)11(10)12(16)17/h2,4-5,15H,3,6-8H2,1H3,(H,16,17). The van der Waals surface area contributed by atoms with Crippen molar-refractivity contribution in [2.45, 2.75) is 24.9 Å². The molecule has 0 spiro atoms. The summed E-state index contributed by atoms with van der Waals surface area (Å²) in [5.74, 6) is -1.02. The third kappa shape index (κ3) is 2.44. The first kappa shape index (κ1) is 13.2. The minimum absolute atomic E-state index is 0.116. The molecule has 2 rings (SSSR count). The molecule has 0 radical (unpaired) electrons. The van der Waals surface area contributed by atoms with Gasteiger partial charge >= 0.3 is 5.97 Å². The van der Waals surface area contributed by atoms with Crippen molar-refractivity contribution in [1.29, 1.82) is 0 Å². The zero-order valence-corrected chi connectivity index (χ0v) is 11.0. The molecule has 1 aliphatic rings. The largest absolute Gasteiger partial charge is 0.478 e. The highest BCUT2D eigenvalue weighted by molar-refractivity contribution is 6.34. The number of carbonyl (C=O) groups is 1. The lowest BCUT2D eigenvalue weighted by atomic mass is 9.80. The van der Waals surface area contributed by atoms with Gasteiger partial charge in [-0.15, -0.1) is 0 Å². The first-order chi connectivity index (χ1) is 8.58. The van der Waals surface area contributed by atoms with Crippen LogP contribution in [0.1, 0.15) is 29.6 Å². The highest BCUT2D eigenvalue weighted by Gasteiger charge is 2.36. The molecule has 0 heterocycles. The molecule has 1 fully saturated rings. The molecule has 0 bridgehead atoms. The second-order valence-electron chi connectivity index (χ2n) is 4.56. The summed E-state index contributed by atoms with van der Waals surface area (Å²) in [6, 6.07) is 5.03. The lowest BCUT2D eigenvalue weighted by Crippen LogP contribution is -2.45. The van der Waals surface area contributed by atoms with Crippen LogP contribution in [0.2, 0.25) is 5.02 Å². The smallest absolute Gasteiger partial charge is 0.339 e. The maximum absolute atomic E-state index is 11.2. The number of carboxylic acids is 1. The number of benzene rings is 1. The number of methoxy groups -OCH3 is 1. The van der Waals surface area contributed by atoms with Gasteiger partial charge in [-0.25, -0.2) is 4.79 Å². The molecule has 98 valence electrons. The third-order valence-corrected chi connectivity index (χ3v) is 3.84. The zero-order valence-electron chi connectivity index (χ0n) is 10.2. The highest BCUT2D eigenvalue weighted by Crippen LogP contribution is 2.35. The third-order valence-electron chi connectivity index (χ3n) is 3.53. The van der Waals surface area contributed by atoms with Gasteiger partial charge in [-0.3, -0.25) is 0 Å². The van der Waals surface area contributed by atoms with Gasteiger partial charge < -0.3 is 15.2 Å². The lowest BCUT2D eigenvalue weighted by molar-refractivity contribution is -0.0601. The molecule has 1 aliphatic carbocycles. The predicted octanol–water partition coefficient (Wildman–Crippen LogP) is 3.02. The van der Waals surface area contributed by atoms with Crippen molar-refractivity contribution < 1.29 is 14.6 Å². The normalized spacial score (nSPS) is 17.0. The van der Waals surface area contributed by atoms with E-state index < -0.39 is 5.97 Å². The minimum Gasteiger partial charge on any atom is -0.478 e. The molecular weight excluding hydrogens is 254 g/mol. The first-order valence-corrected chi connectivity index (χ1v) is 6.27. The number of hydrogen-bond acceptors (Lipinski definition) is 3. The molecule has 0 amide bonds. The Morgan fingerprint density at radius 2 is 2.28 bits per heavy atom. The molecule has 0 atom stereocenters. The van der Waals surface area contributed by atoms with E-state index in [0.29, 0.717) is 12.2 Å². The molecule has 0 aliphatic heterocycles. The topological polar surface area (TPSA) is 58.6 Å². The molecule has 1 aromatic carbocycles. The molecule has 0 saturated heterocycles. The van der Waals surface area contributed by atoms with Crippen molar-refractivity contribution in [3.8, 4) is 0 Å². The van der Waals surface area contributed by atoms with E-state index >= 15 is 0 Å². The molecule has 2 N–H and O–H groups in total. The Kier molecular flexibility index (Phi) is 3.78. The molecule has 5 heteroatoms. The average molecular weight is 270 g/mol. The van der Waals surface area contributed by atoms with Crippen LogP contribution in [0.4, 0.5) is 5.69 Å².